The van der Waals surface area contributed by atoms with Crippen LogP contribution in [0.3, 0.4) is 0 Å². The molecule has 0 aliphatic heterocycles. The van der Waals surface area contributed by atoms with Crippen LogP contribution in [-0.2, 0) is 0 Å². The molecule has 0 atom stereocenters. The standard InChI is InChI=1S/C8H9Br.BF4/c1-6-3-4-7(2)8(9)5-6;2-1(3,4)5/h3-5H,1-2H3;/q;-1. The van der Waals surface area contributed by atoms with Crippen LogP contribution in [0.2, 0.25) is 0 Å². The van der Waals surface area contributed by atoms with Gasteiger partial charge in [0.25, 0.3) is 0 Å². The molecule has 6 heteroatoms. The average Bonchev–Trinajstić information content (AvgIpc) is 1.94. The van der Waals surface area contributed by atoms with Crippen molar-refractivity contribution in [1.29, 1.82) is 0 Å². The predicted molar refractivity (Wildman–Crippen MR) is 53.8 cm³/mol. The Bertz CT molecular complexity index is 292. The smallest absolute Gasteiger partial charge is 0.418 e. The van der Waals surface area contributed by atoms with Crippen LogP contribution in [-0.4, -0.2) is 7.25 Å². The van der Waals surface area contributed by atoms with E-state index in [4.69, 9.17) is 0 Å². The second-order valence-corrected chi connectivity index (χ2v) is 3.60. The van der Waals surface area contributed by atoms with Gasteiger partial charge in [0, 0.05) is 4.47 Å². The molecule has 1 aromatic carbocycles. The van der Waals surface area contributed by atoms with Gasteiger partial charge in [-0.15, -0.1) is 0 Å². The predicted octanol–water partition coefficient (Wildman–Crippen LogP) is 4.37. The van der Waals surface area contributed by atoms with Gasteiger partial charge in [0.1, 0.15) is 0 Å². The Hall–Kier alpha value is -0.515. The fraction of sp³-hybridized carbons (Fsp3) is 0.250. The van der Waals surface area contributed by atoms with E-state index in [2.05, 4.69) is 48.0 Å². The molecular formula is C8H9BBrF4-. The van der Waals surface area contributed by atoms with Crippen LogP contribution in [0, 0.1) is 13.8 Å². The highest BCUT2D eigenvalue weighted by atomic mass is 79.9. The molecule has 0 aliphatic rings. The Morgan fingerprint density at radius 1 is 1.07 bits per heavy atom. The van der Waals surface area contributed by atoms with Gasteiger partial charge in [-0.1, -0.05) is 28.1 Å². The summed E-state index contributed by atoms with van der Waals surface area (Å²) >= 11 is 3.45. The topological polar surface area (TPSA) is 0 Å². The number of rotatable bonds is 0. The Balaban J connectivity index is 0.000000292. The Labute approximate surface area is 88.6 Å². The van der Waals surface area contributed by atoms with Crippen molar-refractivity contribution >= 4 is 23.2 Å². The van der Waals surface area contributed by atoms with E-state index in [0.29, 0.717) is 0 Å². The highest BCUT2D eigenvalue weighted by molar-refractivity contribution is 9.10. The van der Waals surface area contributed by atoms with E-state index in [-0.39, 0.29) is 0 Å². The highest BCUT2D eigenvalue weighted by Crippen LogP contribution is 2.16. The van der Waals surface area contributed by atoms with Gasteiger partial charge in [0.05, 0.1) is 0 Å². The van der Waals surface area contributed by atoms with E-state index in [1.807, 2.05) is 0 Å². The summed E-state index contributed by atoms with van der Waals surface area (Å²) in [4.78, 5) is 0. The van der Waals surface area contributed by atoms with E-state index in [9.17, 15) is 17.3 Å². The maximum absolute atomic E-state index is 9.75. The lowest BCUT2D eigenvalue weighted by Gasteiger charge is -1.96. The van der Waals surface area contributed by atoms with Crippen LogP contribution in [0.15, 0.2) is 22.7 Å². The Morgan fingerprint density at radius 3 is 1.79 bits per heavy atom. The number of hydrogen-bond acceptors (Lipinski definition) is 0. The summed E-state index contributed by atoms with van der Waals surface area (Å²) in [6.45, 7) is 4.17. The number of aryl methyl sites for hydroxylation is 2. The number of benzene rings is 1. The van der Waals surface area contributed by atoms with Gasteiger partial charge in [-0.25, -0.2) is 0 Å². The van der Waals surface area contributed by atoms with Crippen LogP contribution in [0.4, 0.5) is 17.3 Å². The zero-order valence-corrected chi connectivity index (χ0v) is 9.29. The first-order chi connectivity index (χ1) is 6.20. The molecule has 1 aromatic rings. The molecule has 80 valence electrons. The maximum Gasteiger partial charge on any atom is 0.673 e. The van der Waals surface area contributed by atoms with Gasteiger partial charge in [-0.3, -0.25) is 0 Å². The molecule has 0 fully saturated rings. The van der Waals surface area contributed by atoms with Gasteiger partial charge in [0.2, 0.25) is 0 Å². The fourth-order valence-electron chi connectivity index (χ4n) is 0.698. The lowest BCUT2D eigenvalue weighted by molar-refractivity contribution is 0.368. The summed E-state index contributed by atoms with van der Waals surface area (Å²) in [6.07, 6.45) is 0. The maximum atomic E-state index is 9.75. The van der Waals surface area contributed by atoms with Crippen molar-refractivity contribution in [2.24, 2.45) is 0 Å². The van der Waals surface area contributed by atoms with Gasteiger partial charge in [0.15, 0.2) is 0 Å². The van der Waals surface area contributed by atoms with Crippen LogP contribution in [0.5, 0.6) is 0 Å². The SMILES string of the molecule is Cc1ccc(C)c(Br)c1.F[B-](F)(F)F. The van der Waals surface area contributed by atoms with Crippen LogP contribution >= 0.6 is 15.9 Å². The Kier molecular flexibility index (Phi) is 5.19. The zero-order chi connectivity index (χ0) is 11.4. The minimum Gasteiger partial charge on any atom is -0.418 e. The van der Waals surface area contributed by atoms with Gasteiger partial charge in [-0.2, -0.15) is 0 Å². The van der Waals surface area contributed by atoms with Crippen molar-refractivity contribution in [3.63, 3.8) is 0 Å². The summed E-state index contributed by atoms with van der Waals surface area (Å²) in [5.41, 5.74) is 2.59. The van der Waals surface area contributed by atoms with Crippen molar-refractivity contribution in [1.82, 2.24) is 0 Å². The Morgan fingerprint density at radius 2 is 1.50 bits per heavy atom. The lowest BCUT2D eigenvalue weighted by atomic mass is 10.2. The molecule has 0 N–H and O–H groups in total. The molecule has 0 aliphatic carbocycles. The van der Waals surface area contributed by atoms with E-state index >= 15 is 0 Å². The summed E-state index contributed by atoms with van der Waals surface area (Å²) in [5.74, 6) is 0. The van der Waals surface area contributed by atoms with Crippen molar-refractivity contribution in [2.45, 2.75) is 13.8 Å². The molecule has 0 radical (unpaired) electrons. The van der Waals surface area contributed by atoms with E-state index in [0.717, 1.165) is 0 Å². The zero-order valence-electron chi connectivity index (χ0n) is 7.70. The van der Waals surface area contributed by atoms with Crippen molar-refractivity contribution in [3.8, 4) is 0 Å². The summed E-state index contributed by atoms with van der Waals surface area (Å²) in [6, 6.07) is 6.34. The van der Waals surface area contributed by atoms with E-state index in [1.54, 1.807) is 0 Å². The molecule has 0 amide bonds. The minimum atomic E-state index is -6.00. The molecule has 1 rings (SSSR count). The van der Waals surface area contributed by atoms with Crippen molar-refractivity contribution in [2.75, 3.05) is 0 Å². The van der Waals surface area contributed by atoms with Gasteiger partial charge < -0.3 is 17.3 Å². The number of hydrogen-bond donors (Lipinski definition) is 0. The molecule has 0 nitrogen and oxygen atoms in total. The first-order valence-electron chi connectivity index (χ1n) is 3.80. The van der Waals surface area contributed by atoms with E-state index in [1.165, 1.54) is 15.6 Å². The molecule has 0 heterocycles. The molecule has 14 heavy (non-hydrogen) atoms. The summed E-state index contributed by atoms with van der Waals surface area (Å²) in [7, 11) is -6.00. The molecular weight excluding hydrogens is 263 g/mol. The molecule has 0 saturated heterocycles. The molecule has 0 bridgehead atoms. The minimum absolute atomic E-state index is 1.20. The summed E-state index contributed by atoms with van der Waals surface area (Å²) < 4.78 is 40.2. The van der Waals surface area contributed by atoms with Gasteiger partial charge >= 0.3 is 7.25 Å². The fourth-order valence-corrected chi connectivity index (χ4v) is 1.19. The van der Waals surface area contributed by atoms with Crippen LogP contribution in [0.1, 0.15) is 11.1 Å². The van der Waals surface area contributed by atoms with Crippen LogP contribution < -0.4 is 0 Å². The number of halogens is 5. The first-order valence-corrected chi connectivity index (χ1v) is 4.59. The van der Waals surface area contributed by atoms with E-state index < -0.39 is 7.25 Å². The quantitative estimate of drug-likeness (QED) is 0.486. The second kappa shape index (κ2) is 5.39. The molecule has 0 saturated carbocycles. The third-order valence-electron chi connectivity index (χ3n) is 1.33. The average molecular weight is 272 g/mol. The van der Waals surface area contributed by atoms with Crippen LogP contribution in [0.25, 0.3) is 0 Å². The van der Waals surface area contributed by atoms with Crippen molar-refractivity contribution < 1.29 is 17.3 Å². The van der Waals surface area contributed by atoms with Gasteiger partial charge in [-0.05, 0) is 31.0 Å². The first kappa shape index (κ1) is 13.5. The largest absolute Gasteiger partial charge is 0.673 e. The molecule has 0 unspecified atom stereocenters. The molecule has 0 spiro atoms. The normalized spacial score (nSPS) is 10.5. The highest BCUT2D eigenvalue weighted by Gasteiger charge is 2.20. The monoisotopic (exact) mass is 271 g/mol. The second-order valence-electron chi connectivity index (χ2n) is 2.75. The lowest BCUT2D eigenvalue weighted by Crippen LogP contribution is -2.02. The summed E-state index contributed by atoms with van der Waals surface area (Å²) in [5, 5.41) is 0. The third-order valence-corrected chi connectivity index (χ3v) is 2.18. The molecule has 0 aromatic heterocycles. The third kappa shape index (κ3) is 8.10. The van der Waals surface area contributed by atoms with Crippen molar-refractivity contribution in [3.05, 3.63) is 33.8 Å².